The van der Waals surface area contributed by atoms with Crippen LogP contribution in [-0.4, -0.2) is 25.3 Å². The van der Waals surface area contributed by atoms with Gasteiger partial charge in [-0.25, -0.2) is 4.79 Å². The molecular weight excluding hydrogens is 328 g/mol. The first-order valence-electron chi connectivity index (χ1n) is 5.94. The number of hydrogen-bond acceptors (Lipinski definition) is 5. The van der Waals surface area contributed by atoms with Gasteiger partial charge in [0.1, 0.15) is 23.7 Å². The van der Waals surface area contributed by atoms with Crippen molar-refractivity contribution >= 4 is 21.9 Å². The van der Waals surface area contributed by atoms with Crippen LogP contribution in [0.4, 0.5) is 0 Å². The smallest absolute Gasteiger partial charge is 0.342 e. The predicted octanol–water partition coefficient (Wildman–Crippen LogP) is 2.32. The molecule has 0 amide bonds. The number of ether oxygens (including phenoxy) is 3. The van der Waals surface area contributed by atoms with E-state index in [0.29, 0.717) is 34.6 Å². The lowest BCUT2D eigenvalue weighted by atomic mass is 9.94. The molecule has 1 heterocycles. The molecular formula is C14H15BrO5. The number of esters is 1. The number of carbonyl (C=O) groups is 1. The van der Waals surface area contributed by atoms with Crippen molar-refractivity contribution in [2.45, 2.75) is 19.6 Å². The maximum atomic E-state index is 11.8. The zero-order valence-corrected chi connectivity index (χ0v) is 12.9. The molecule has 0 spiro atoms. The molecule has 1 N–H and O–H groups in total. The van der Waals surface area contributed by atoms with E-state index >= 15 is 0 Å². The second kappa shape index (κ2) is 5.85. The van der Waals surface area contributed by atoms with E-state index in [9.17, 15) is 9.90 Å². The number of carbonyl (C=O) groups excluding carboxylic acids is 1. The minimum atomic E-state index is -0.464. The van der Waals surface area contributed by atoms with Crippen molar-refractivity contribution < 1.29 is 24.1 Å². The van der Waals surface area contributed by atoms with E-state index in [2.05, 4.69) is 22.5 Å². The van der Waals surface area contributed by atoms with Gasteiger partial charge in [0.2, 0.25) is 0 Å². The van der Waals surface area contributed by atoms with Gasteiger partial charge in [0.05, 0.1) is 26.4 Å². The summed E-state index contributed by atoms with van der Waals surface area (Å²) in [5, 5.41) is 9.65. The molecule has 0 aromatic heterocycles. The fraction of sp³-hybridized carbons (Fsp3) is 0.357. The number of methoxy groups -OCH3 is 2. The summed E-state index contributed by atoms with van der Waals surface area (Å²) in [6, 6.07) is 0. The average Bonchev–Trinajstić information content (AvgIpc) is 2.78. The molecule has 0 fully saturated rings. The number of aliphatic hydroxyl groups excluding tert-OH is 1. The molecule has 1 aromatic rings. The van der Waals surface area contributed by atoms with Crippen molar-refractivity contribution in [3.63, 3.8) is 0 Å². The van der Waals surface area contributed by atoms with Crippen LogP contribution in [0, 0.1) is 0 Å². The third-order valence-corrected chi connectivity index (χ3v) is 3.48. The van der Waals surface area contributed by atoms with Gasteiger partial charge in [-0.2, -0.15) is 0 Å². The van der Waals surface area contributed by atoms with Crippen LogP contribution in [-0.2, 0) is 24.4 Å². The van der Waals surface area contributed by atoms with Gasteiger partial charge in [0.25, 0.3) is 0 Å². The Labute approximate surface area is 125 Å². The summed E-state index contributed by atoms with van der Waals surface area (Å²) in [5.74, 6) is 0.417. The zero-order valence-electron chi connectivity index (χ0n) is 11.3. The fourth-order valence-corrected chi connectivity index (χ4v) is 2.72. The molecule has 6 heteroatoms. The van der Waals surface area contributed by atoms with Gasteiger partial charge in [-0.15, -0.1) is 0 Å². The Morgan fingerprint density at radius 1 is 1.35 bits per heavy atom. The summed E-state index contributed by atoms with van der Waals surface area (Å²) in [7, 11) is 2.98. The molecule has 0 bridgehead atoms. The van der Waals surface area contributed by atoms with Crippen LogP contribution >= 0.6 is 15.9 Å². The van der Waals surface area contributed by atoms with Crippen LogP contribution in [0.2, 0.25) is 0 Å². The van der Waals surface area contributed by atoms with Gasteiger partial charge in [0.15, 0.2) is 0 Å². The predicted molar refractivity (Wildman–Crippen MR) is 76.4 cm³/mol. The lowest BCUT2D eigenvalue weighted by Gasteiger charge is -2.19. The summed E-state index contributed by atoms with van der Waals surface area (Å²) in [6.45, 7) is 3.68. The number of hydrogen-bond donors (Lipinski definition) is 1. The monoisotopic (exact) mass is 342 g/mol. The summed E-state index contributed by atoms with van der Waals surface area (Å²) >= 11 is 3.31. The second-order valence-electron chi connectivity index (χ2n) is 4.31. The van der Waals surface area contributed by atoms with E-state index in [4.69, 9.17) is 14.2 Å². The van der Waals surface area contributed by atoms with Gasteiger partial charge >= 0.3 is 5.97 Å². The van der Waals surface area contributed by atoms with E-state index in [1.54, 1.807) is 0 Å². The Balaban J connectivity index is 2.79. The van der Waals surface area contributed by atoms with Crippen LogP contribution in [0.5, 0.6) is 11.5 Å². The number of allylic oxidation sites excluding steroid dienone is 1. The Kier molecular flexibility index (Phi) is 4.35. The molecule has 1 aromatic carbocycles. The third-order valence-electron chi connectivity index (χ3n) is 3.20. The summed E-state index contributed by atoms with van der Waals surface area (Å²) < 4.78 is 16.5. The van der Waals surface area contributed by atoms with Crippen LogP contribution < -0.4 is 9.47 Å². The molecule has 5 nitrogen and oxygen atoms in total. The van der Waals surface area contributed by atoms with E-state index in [0.717, 1.165) is 10.0 Å². The number of benzene rings is 1. The molecule has 0 unspecified atom stereocenters. The van der Waals surface area contributed by atoms with Crippen molar-refractivity contribution in [2.24, 2.45) is 0 Å². The highest BCUT2D eigenvalue weighted by molar-refractivity contribution is 9.11. The zero-order chi connectivity index (χ0) is 14.9. The first-order chi connectivity index (χ1) is 9.54. The van der Waals surface area contributed by atoms with Gasteiger partial charge < -0.3 is 19.3 Å². The van der Waals surface area contributed by atoms with E-state index < -0.39 is 5.97 Å². The average molecular weight is 343 g/mol. The van der Waals surface area contributed by atoms with Crippen molar-refractivity contribution in [3.05, 3.63) is 33.3 Å². The van der Waals surface area contributed by atoms with Crippen molar-refractivity contribution in [2.75, 3.05) is 14.2 Å². The van der Waals surface area contributed by atoms with Gasteiger partial charge in [-0.1, -0.05) is 22.5 Å². The number of aliphatic hydroxyl groups is 1. The number of cyclic esters (lactones) is 1. The third kappa shape index (κ3) is 2.29. The SMILES string of the molecule is C=C(Br)Cc1c(CO)c(OC)c2c(c1OC)COC2=O. The van der Waals surface area contributed by atoms with Crippen molar-refractivity contribution in [3.8, 4) is 11.5 Å². The van der Waals surface area contributed by atoms with Gasteiger partial charge in [-0.05, 0) is 4.48 Å². The van der Waals surface area contributed by atoms with E-state index in [1.807, 2.05) is 0 Å². The van der Waals surface area contributed by atoms with Crippen molar-refractivity contribution in [1.29, 1.82) is 0 Å². The summed E-state index contributed by atoms with van der Waals surface area (Å²) in [6.07, 6.45) is 0.455. The quantitative estimate of drug-likeness (QED) is 0.832. The number of fused-ring (bicyclic) bond motifs is 1. The van der Waals surface area contributed by atoms with Crippen LogP contribution in [0.1, 0.15) is 27.0 Å². The molecule has 108 valence electrons. The molecule has 0 saturated carbocycles. The molecule has 2 rings (SSSR count). The van der Waals surface area contributed by atoms with Crippen LogP contribution in [0.25, 0.3) is 0 Å². The Bertz CT molecular complexity index is 580. The first-order valence-corrected chi connectivity index (χ1v) is 6.74. The minimum absolute atomic E-state index is 0.140. The molecule has 1 aliphatic heterocycles. The normalized spacial score (nSPS) is 12.9. The lowest BCUT2D eigenvalue weighted by molar-refractivity contribution is 0.0532. The number of rotatable bonds is 5. The Morgan fingerprint density at radius 2 is 2.00 bits per heavy atom. The lowest BCUT2D eigenvalue weighted by Crippen LogP contribution is -2.08. The maximum absolute atomic E-state index is 11.8. The first kappa shape index (κ1) is 14.9. The van der Waals surface area contributed by atoms with Crippen LogP contribution in [0.3, 0.4) is 0 Å². The Morgan fingerprint density at radius 3 is 2.50 bits per heavy atom. The standard InChI is InChI=1S/C14H15BrO5/c1-7(15)4-8-9(5-16)13(19-3)11-10(12(8)18-2)6-20-14(11)17/h16H,1,4-6H2,2-3H3. The highest BCUT2D eigenvalue weighted by atomic mass is 79.9. The molecule has 1 aliphatic rings. The molecule has 0 atom stereocenters. The molecule has 0 aliphatic carbocycles. The minimum Gasteiger partial charge on any atom is -0.496 e. The van der Waals surface area contributed by atoms with E-state index in [-0.39, 0.29) is 13.2 Å². The highest BCUT2D eigenvalue weighted by Crippen LogP contribution is 2.43. The van der Waals surface area contributed by atoms with E-state index in [1.165, 1.54) is 14.2 Å². The highest BCUT2D eigenvalue weighted by Gasteiger charge is 2.34. The molecule has 0 saturated heterocycles. The topological polar surface area (TPSA) is 65.0 Å². The Hall–Kier alpha value is -1.53. The molecule has 20 heavy (non-hydrogen) atoms. The van der Waals surface area contributed by atoms with Gasteiger partial charge in [0, 0.05) is 17.5 Å². The van der Waals surface area contributed by atoms with Crippen LogP contribution in [0.15, 0.2) is 11.1 Å². The largest absolute Gasteiger partial charge is 0.496 e. The molecule has 0 radical (unpaired) electrons. The van der Waals surface area contributed by atoms with Crippen molar-refractivity contribution in [1.82, 2.24) is 0 Å². The fourth-order valence-electron chi connectivity index (χ4n) is 2.44. The van der Waals surface area contributed by atoms with Gasteiger partial charge in [-0.3, -0.25) is 0 Å². The summed E-state index contributed by atoms with van der Waals surface area (Å²) in [5.41, 5.74) is 2.24. The number of halogens is 1. The maximum Gasteiger partial charge on any atom is 0.342 e. The summed E-state index contributed by atoms with van der Waals surface area (Å²) in [4.78, 5) is 11.8. The second-order valence-corrected chi connectivity index (χ2v) is 5.43.